The molecule has 0 saturated carbocycles. The molecule has 0 radical (unpaired) electrons. The van der Waals surface area contributed by atoms with Crippen molar-refractivity contribution in [2.24, 2.45) is 0 Å². The highest BCUT2D eigenvalue weighted by molar-refractivity contribution is 5.26. The standard InChI is InChI=1S/C15H24N2/c1-2-10-17-13-15(8-11-16-12-9-15)14-6-4-3-5-7-14/h3-7,16-17H,2,8-13H2,1H3. The highest BCUT2D eigenvalue weighted by atomic mass is 14.9. The molecule has 0 amide bonds. The Balaban J connectivity index is 2.11. The zero-order chi connectivity index (χ0) is 12.0. The van der Waals surface area contributed by atoms with Crippen LogP contribution in [0.4, 0.5) is 0 Å². The third-order valence-electron chi connectivity index (χ3n) is 3.84. The van der Waals surface area contributed by atoms with Crippen LogP contribution in [0.3, 0.4) is 0 Å². The van der Waals surface area contributed by atoms with Crippen LogP contribution < -0.4 is 10.6 Å². The average Bonchev–Trinajstić information content (AvgIpc) is 2.41. The van der Waals surface area contributed by atoms with Gasteiger partial charge in [0.1, 0.15) is 0 Å². The molecule has 2 rings (SSSR count). The van der Waals surface area contributed by atoms with Crippen molar-refractivity contribution in [3.8, 4) is 0 Å². The number of benzene rings is 1. The molecule has 0 aromatic heterocycles. The van der Waals surface area contributed by atoms with Crippen LogP contribution in [0.5, 0.6) is 0 Å². The Morgan fingerprint density at radius 1 is 1.18 bits per heavy atom. The van der Waals surface area contributed by atoms with E-state index in [-0.39, 0.29) is 0 Å². The van der Waals surface area contributed by atoms with Crippen molar-refractivity contribution in [2.75, 3.05) is 26.2 Å². The zero-order valence-electron chi connectivity index (χ0n) is 10.8. The van der Waals surface area contributed by atoms with E-state index >= 15 is 0 Å². The molecule has 94 valence electrons. The predicted molar refractivity (Wildman–Crippen MR) is 73.4 cm³/mol. The van der Waals surface area contributed by atoms with Crippen LogP contribution in [0.25, 0.3) is 0 Å². The summed E-state index contributed by atoms with van der Waals surface area (Å²) in [5.74, 6) is 0. The number of nitrogens with one attached hydrogen (secondary N) is 2. The molecule has 0 spiro atoms. The molecule has 2 heteroatoms. The summed E-state index contributed by atoms with van der Waals surface area (Å²) in [4.78, 5) is 0. The molecule has 17 heavy (non-hydrogen) atoms. The zero-order valence-corrected chi connectivity index (χ0v) is 10.8. The first-order chi connectivity index (χ1) is 8.37. The number of hydrogen-bond acceptors (Lipinski definition) is 2. The van der Waals surface area contributed by atoms with E-state index in [2.05, 4.69) is 47.9 Å². The first kappa shape index (κ1) is 12.6. The van der Waals surface area contributed by atoms with Gasteiger partial charge >= 0.3 is 0 Å². The molecular weight excluding hydrogens is 208 g/mol. The Labute approximate surface area is 105 Å². The number of rotatable bonds is 5. The van der Waals surface area contributed by atoms with Gasteiger partial charge in [-0.15, -0.1) is 0 Å². The SMILES string of the molecule is CCCNCC1(c2ccccc2)CCNCC1. The summed E-state index contributed by atoms with van der Waals surface area (Å²) in [6.07, 6.45) is 3.70. The number of piperidine rings is 1. The summed E-state index contributed by atoms with van der Waals surface area (Å²) in [7, 11) is 0. The van der Waals surface area contributed by atoms with Gasteiger partial charge in [-0.1, -0.05) is 37.3 Å². The van der Waals surface area contributed by atoms with Gasteiger partial charge in [0, 0.05) is 12.0 Å². The normalized spacial score (nSPS) is 19.1. The summed E-state index contributed by atoms with van der Waals surface area (Å²) >= 11 is 0. The van der Waals surface area contributed by atoms with Gasteiger partial charge in [0.15, 0.2) is 0 Å². The van der Waals surface area contributed by atoms with Crippen LogP contribution in [0, 0.1) is 0 Å². The fourth-order valence-electron chi connectivity index (χ4n) is 2.77. The third kappa shape index (κ3) is 3.08. The summed E-state index contributed by atoms with van der Waals surface area (Å²) in [5.41, 5.74) is 1.85. The molecule has 1 heterocycles. The van der Waals surface area contributed by atoms with Gasteiger partial charge < -0.3 is 10.6 Å². The molecule has 1 aromatic carbocycles. The quantitative estimate of drug-likeness (QED) is 0.761. The van der Waals surface area contributed by atoms with Gasteiger partial charge in [-0.05, 0) is 44.5 Å². The van der Waals surface area contributed by atoms with Gasteiger partial charge in [0.25, 0.3) is 0 Å². The Hall–Kier alpha value is -0.860. The van der Waals surface area contributed by atoms with Crippen molar-refractivity contribution in [2.45, 2.75) is 31.6 Å². The van der Waals surface area contributed by atoms with Gasteiger partial charge in [-0.3, -0.25) is 0 Å². The van der Waals surface area contributed by atoms with Gasteiger partial charge in [-0.2, -0.15) is 0 Å². The summed E-state index contributed by atoms with van der Waals surface area (Å²) in [6, 6.07) is 11.0. The molecule has 0 unspecified atom stereocenters. The van der Waals surface area contributed by atoms with Crippen molar-refractivity contribution in [3.63, 3.8) is 0 Å². The molecule has 0 atom stereocenters. The van der Waals surface area contributed by atoms with Crippen LogP contribution in [0.15, 0.2) is 30.3 Å². The van der Waals surface area contributed by atoms with E-state index in [1.165, 1.54) is 24.8 Å². The first-order valence-corrected chi connectivity index (χ1v) is 6.84. The van der Waals surface area contributed by atoms with E-state index < -0.39 is 0 Å². The van der Waals surface area contributed by atoms with Gasteiger partial charge in [-0.25, -0.2) is 0 Å². The second-order valence-electron chi connectivity index (χ2n) is 5.07. The van der Waals surface area contributed by atoms with Crippen LogP contribution in [0.1, 0.15) is 31.7 Å². The van der Waals surface area contributed by atoms with E-state index in [9.17, 15) is 0 Å². The van der Waals surface area contributed by atoms with E-state index in [0.717, 1.165) is 26.2 Å². The van der Waals surface area contributed by atoms with E-state index in [1.54, 1.807) is 0 Å². The Kier molecular flexibility index (Phi) is 4.57. The lowest BCUT2D eigenvalue weighted by atomic mass is 9.73. The molecule has 1 fully saturated rings. The Morgan fingerprint density at radius 2 is 1.88 bits per heavy atom. The highest BCUT2D eigenvalue weighted by Gasteiger charge is 2.33. The molecular formula is C15H24N2. The number of hydrogen-bond donors (Lipinski definition) is 2. The van der Waals surface area contributed by atoms with Gasteiger partial charge in [0.2, 0.25) is 0 Å². The average molecular weight is 232 g/mol. The van der Waals surface area contributed by atoms with Crippen LogP contribution in [0.2, 0.25) is 0 Å². The topological polar surface area (TPSA) is 24.1 Å². The third-order valence-corrected chi connectivity index (χ3v) is 3.84. The Bertz CT molecular complexity index is 315. The molecule has 1 aliphatic rings. The maximum absolute atomic E-state index is 3.62. The second kappa shape index (κ2) is 6.18. The van der Waals surface area contributed by atoms with Crippen molar-refractivity contribution in [3.05, 3.63) is 35.9 Å². The molecule has 1 aliphatic heterocycles. The fourth-order valence-corrected chi connectivity index (χ4v) is 2.77. The minimum absolute atomic E-state index is 0.349. The van der Waals surface area contributed by atoms with Crippen molar-refractivity contribution in [1.29, 1.82) is 0 Å². The van der Waals surface area contributed by atoms with Crippen LogP contribution in [-0.2, 0) is 5.41 Å². The lowest BCUT2D eigenvalue weighted by Gasteiger charge is -2.38. The smallest absolute Gasteiger partial charge is 0.0102 e. The maximum atomic E-state index is 3.62. The largest absolute Gasteiger partial charge is 0.317 e. The summed E-state index contributed by atoms with van der Waals surface area (Å²) < 4.78 is 0. The molecule has 0 aliphatic carbocycles. The van der Waals surface area contributed by atoms with Crippen molar-refractivity contribution < 1.29 is 0 Å². The van der Waals surface area contributed by atoms with Crippen LogP contribution >= 0.6 is 0 Å². The minimum atomic E-state index is 0.349. The molecule has 1 saturated heterocycles. The second-order valence-corrected chi connectivity index (χ2v) is 5.07. The predicted octanol–water partition coefficient (Wildman–Crippen LogP) is 2.31. The summed E-state index contributed by atoms with van der Waals surface area (Å²) in [5, 5.41) is 7.09. The molecule has 1 aromatic rings. The highest BCUT2D eigenvalue weighted by Crippen LogP contribution is 2.32. The molecule has 2 N–H and O–H groups in total. The summed E-state index contributed by atoms with van der Waals surface area (Å²) in [6.45, 7) is 6.75. The Morgan fingerprint density at radius 3 is 2.53 bits per heavy atom. The minimum Gasteiger partial charge on any atom is -0.317 e. The molecule has 2 nitrogen and oxygen atoms in total. The van der Waals surface area contributed by atoms with Crippen molar-refractivity contribution >= 4 is 0 Å². The van der Waals surface area contributed by atoms with E-state index in [4.69, 9.17) is 0 Å². The lowest BCUT2D eigenvalue weighted by Crippen LogP contribution is -2.46. The van der Waals surface area contributed by atoms with Crippen molar-refractivity contribution in [1.82, 2.24) is 10.6 Å². The monoisotopic (exact) mass is 232 g/mol. The maximum Gasteiger partial charge on any atom is 0.0102 e. The fraction of sp³-hybridized carbons (Fsp3) is 0.600. The molecule has 0 bridgehead atoms. The van der Waals surface area contributed by atoms with Crippen LogP contribution in [-0.4, -0.2) is 26.2 Å². The van der Waals surface area contributed by atoms with E-state index in [1.807, 2.05) is 0 Å². The first-order valence-electron chi connectivity index (χ1n) is 6.84. The van der Waals surface area contributed by atoms with E-state index in [0.29, 0.717) is 5.41 Å². The van der Waals surface area contributed by atoms with Gasteiger partial charge in [0.05, 0.1) is 0 Å². The lowest BCUT2D eigenvalue weighted by molar-refractivity contribution is 0.294.